The van der Waals surface area contributed by atoms with Gasteiger partial charge in [0, 0.05) is 0 Å². The predicted molar refractivity (Wildman–Crippen MR) is 88.2 cm³/mol. The number of fused-ring (bicyclic) bond motifs is 1. The van der Waals surface area contributed by atoms with Gasteiger partial charge in [-0.2, -0.15) is 4.21 Å². The van der Waals surface area contributed by atoms with Crippen LogP contribution in [-0.4, -0.2) is 41.4 Å². The van der Waals surface area contributed by atoms with Crippen molar-refractivity contribution in [2.45, 2.75) is 52.0 Å². The van der Waals surface area contributed by atoms with E-state index < -0.39 is 41.4 Å². The van der Waals surface area contributed by atoms with E-state index in [9.17, 15) is 9.00 Å². The van der Waals surface area contributed by atoms with Crippen molar-refractivity contribution >= 4 is 17.3 Å². The number of rotatable bonds is 5. The summed E-state index contributed by atoms with van der Waals surface area (Å²) in [5, 5.41) is 0. The van der Waals surface area contributed by atoms with E-state index in [1.807, 2.05) is 30.3 Å². The van der Waals surface area contributed by atoms with Crippen molar-refractivity contribution < 1.29 is 31.6 Å². The number of carbonyl (C=O) groups is 1. The second-order valence-corrected chi connectivity index (χ2v) is 7.81. The van der Waals surface area contributed by atoms with Crippen molar-refractivity contribution in [3.05, 3.63) is 35.9 Å². The monoisotopic (exact) mass is 370 g/mol. The SMILES string of the molecule is CC(C)(C)C(=O)OC[C@H]1O[C@@H]2OS(=O)O[C@@H]2[C@@H]1OCc1ccccc1. The molecule has 2 aliphatic heterocycles. The van der Waals surface area contributed by atoms with Gasteiger partial charge in [-0.15, -0.1) is 0 Å². The Morgan fingerprint density at radius 3 is 2.60 bits per heavy atom. The van der Waals surface area contributed by atoms with Gasteiger partial charge in [-0.25, -0.2) is 4.18 Å². The van der Waals surface area contributed by atoms with Gasteiger partial charge >= 0.3 is 17.3 Å². The highest BCUT2D eigenvalue weighted by molar-refractivity contribution is 7.75. The number of hydrogen-bond acceptors (Lipinski definition) is 7. The van der Waals surface area contributed by atoms with Crippen molar-refractivity contribution in [1.29, 1.82) is 0 Å². The van der Waals surface area contributed by atoms with Crippen LogP contribution in [0.4, 0.5) is 0 Å². The summed E-state index contributed by atoms with van der Waals surface area (Å²) in [6, 6.07) is 9.63. The molecule has 8 heteroatoms. The maximum absolute atomic E-state index is 12.0. The summed E-state index contributed by atoms with van der Waals surface area (Å²) in [5.41, 5.74) is 0.375. The fourth-order valence-electron chi connectivity index (χ4n) is 2.54. The second kappa shape index (κ2) is 7.51. The van der Waals surface area contributed by atoms with Crippen molar-refractivity contribution in [1.82, 2.24) is 0 Å². The zero-order valence-corrected chi connectivity index (χ0v) is 15.2. The highest BCUT2D eigenvalue weighted by atomic mass is 32.2. The average Bonchev–Trinajstić information content (AvgIpc) is 3.06. The number of esters is 1. The highest BCUT2D eigenvalue weighted by Crippen LogP contribution is 2.34. The topological polar surface area (TPSA) is 80.3 Å². The third-order valence-corrected chi connectivity index (χ3v) is 4.63. The Balaban J connectivity index is 1.64. The minimum atomic E-state index is -1.85. The van der Waals surface area contributed by atoms with E-state index in [0.717, 1.165) is 5.56 Å². The van der Waals surface area contributed by atoms with E-state index in [0.29, 0.717) is 6.61 Å². The minimum Gasteiger partial charge on any atom is -0.462 e. The van der Waals surface area contributed by atoms with E-state index in [4.69, 9.17) is 22.6 Å². The van der Waals surface area contributed by atoms with Gasteiger partial charge in [0.1, 0.15) is 18.8 Å². The van der Waals surface area contributed by atoms with Crippen LogP contribution < -0.4 is 0 Å². The van der Waals surface area contributed by atoms with Crippen molar-refractivity contribution in [2.24, 2.45) is 5.41 Å². The van der Waals surface area contributed by atoms with Gasteiger partial charge in [-0.1, -0.05) is 30.3 Å². The van der Waals surface area contributed by atoms with Crippen LogP contribution in [-0.2, 0) is 45.3 Å². The molecule has 0 amide bonds. The van der Waals surface area contributed by atoms with Gasteiger partial charge in [-0.05, 0) is 26.3 Å². The molecule has 2 aliphatic rings. The Morgan fingerprint density at radius 2 is 1.92 bits per heavy atom. The molecule has 0 N–H and O–H groups in total. The van der Waals surface area contributed by atoms with E-state index >= 15 is 0 Å². The molecular weight excluding hydrogens is 348 g/mol. The summed E-state index contributed by atoms with van der Waals surface area (Å²) < 4.78 is 38.7. The standard InChI is InChI=1S/C17H22O7S/c1-17(2,3)16(18)21-10-12-13(14-15(22-12)24-25(19)23-14)20-9-11-7-5-4-6-8-11/h4-8,12-15H,9-10H2,1-3H3/t12-,13-,14-,15-,25?/m1/s1. The minimum absolute atomic E-state index is 0.0158. The second-order valence-electron chi connectivity index (χ2n) is 7.01. The number of carbonyl (C=O) groups excluding carboxylic acids is 1. The summed E-state index contributed by atoms with van der Waals surface area (Å²) in [7, 11) is 0. The first-order valence-electron chi connectivity index (χ1n) is 8.09. The summed E-state index contributed by atoms with van der Waals surface area (Å²) >= 11 is -1.85. The fourth-order valence-corrected chi connectivity index (χ4v) is 3.28. The van der Waals surface area contributed by atoms with Crippen LogP contribution in [0.3, 0.4) is 0 Å². The molecule has 0 aliphatic carbocycles. The molecule has 1 unspecified atom stereocenters. The summed E-state index contributed by atoms with van der Waals surface area (Å²) in [6.07, 6.45) is -2.52. The van der Waals surface area contributed by atoms with Gasteiger partial charge in [0.15, 0.2) is 6.10 Å². The van der Waals surface area contributed by atoms with Gasteiger partial charge in [0.25, 0.3) is 0 Å². The molecule has 7 nitrogen and oxygen atoms in total. The van der Waals surface area contributed by atoms with Crippen LogP contribution in [0.15, 0.2) is 30.3 Å². The van der Waals surface area contributed by atoms with E-state index in [1.54, 1.807) is 20.8 Å². The number of benzene rings is 1. The molecule has 2 fully saturated rings. The third kappa shape index (κ3) is 4.45. The van der Waals surface area contributed by atoms with E-state index in [2.05, 4.69) is 0 Å². The Bertz CT molecular complexity index is 628. The van der Waals surface area contributed by atoms with Gasteiger partial charge in [-0.3, -0.25) is 8.98 Å². The maximum Gasteiger partial charge on any atom is 0.311 e. The molecule has 0 spiro atoms. The molecule has 25 heavy (non-hydrogen) atoms. The summed E-state index contributed by atoms with van der Waals surface area (Å²) in [4.78, 5) is 12.0. The molecule has 0 aromatic heterocycles. The van der Waals surface area contributed by atoms with Crippen LogP contribution in [0, 0.1) is 5.41 Å². The summed E-state index contributed by atoms with van der Waals surface area (Å²) in [5.74, 6) is -0.333. The number of ether oxygens (including phenoxy) is 3. The van der Waals surface area contributed by atoms with E-state index in [1.165, 1.54) is 0 Å². The molecule has 1 aromatic carbocycles. The first-order valence-corrected chi connectivity index (χ1v) is 9.09. The molecule has 0 saturated carbocycles. The van der Waals surface area contributed by atoms with Crippen LogP contribution in [0.5, 0.6) is 0 Å². The maximum atomic E-state index is 12.0. The lowest BCUT2D eigenvalue weighted by molar-refractivity contribution is -0.162. The fraction of sp³-hybridized carbons (Fsp3) is 0.588. The molecular formula is C17H22O7S. The van der Waals surface area contributed by atoms with Gasteiger partial charge in [0.05, 0.1) is 12.0 Å². The Kier molecular flexibility index (Phi) is 5.55. The largest absolute Gasteiger partial charge is 0.462 e. The molecule has 2 heterocycles. The first kappa shape index (κ1) is 18.5. The van der Waals surface area contributed by atoms with Crippen molar-refractivity contribution in [3.63, 3.8) is 0 Å². The highest BCUT2D eigenvalue weighted by Gasteiger charge is 2.53. The Labute approximate surface area is 149 Å². The lowest BCUT2D eigenvalue weighted by Gasteiger charge is -2.23. The zero-order valence-electron chi connectivity index (χ0n) is 14.4. The lowest BCUT2D eigenvalue weighted by atomic mass is 9.97. The van der Waals surface area contributed by atoms with E-state index in [-0.39, 0.29) is 12.6 Å². The van der Waals surface area contributed by atoms with Crippen molar-refractivity contribution in [2.75, 3.05) is 6.61 Å². The Morgan fingerprint density at radius 1 is 1.20 bits per heavy atom. The molecule has 5 atom stereocenters. The van der Waals surface area contributed by atoms with Crippen LogP contribution in [0.2, 0.25) is 0 Å². The summed E-state index contributed by atoms with van der Waals surface area (Å²) in [6.45, 7) is 5.68. The Hall–Kier alpha value is -1.32. The molecule has 0 bridgehead atoms. The van der Waals surface area contributed by atoms with Crippen LogP contribution in [0.25, 0.3) is 0 Å². The molecule has 2 saturated heterocycles. The van der Waals surface area contributed by atoms with Gasteiger partial charge in [0.2, 0.25) is 6.29 Å². The normalized spacial score (nSPS) is 31.7. The average molecular weight is 370 g/mol. The molecule has 138 valence electrons. The number of hydrogen-bond donors (Lipinski definition) is 0. The van der Waals surface area contributed by atoms with Crippen LogP contribution >= 0.6 is 0 Å². The quantitative estimate of drug-likeness (QED) is 0.732. The van der Waals surface area contributed by atoms with Crippen LogP contribution in [0.1, 0.15) is 26.3 Å². The van der Waals surface area contributed by atoms with Gasteiger partial charge < -0.3 is 14.2 Å². The third-order valence-electron chi connectivity index (χ3n) is 3.91. The lowest BCUT2D eigenvalue weighted by Crippen LogP contribution is -2.38. The molecule has 1 aromatic rings. The van der Waals surface area contributed by atoms with Crippen molar-refractivity contribution in [3.8, 4) is 0 Å². The smallest absolute Gasteiger partial charge is 0.311 e. The zero-order chi connectivity index (χ0) is 18.0. The predicted octanol–water partition coefficient (Wildman–Crippen LogP) is 1.88. The first-order chi connectivity index (χ1) is 11.8. The molecule has 3 rings (SSSR count). The molecule has 0 radical (unpaired) electrons.